The van der Waals surface area contributed by atoms with Crippen LogP contribution in [0.3, 0.4) is 0 Å². The van der Waals surface area contributed by atoms with Gasteiger partial charge in [-0.05, 0) is 54.4 Å². The molecule has 0 spiro atoms. The summed E-state index contributed by atoms with van der Waals surface area (Å²) < 4.78 is 8.11. The number of pyridine rings is 1. The fourth-order valence-corrected chi connectivity index (χ4v) is 3.35. The highest BCUT2D eigenvalue weighted by Gasteiger charge is 2.10. The van der Waals surface area contributed by atoms with Crippen LogP contribution in [0.1, 0.15) is 12.0 Å². The van der Waals surface area contributed by atoms with E-state index in [1.54, 1.807) is 66.9 Å². The molecule has 0 saturated carbocycles. The number of benzene rings is 2. The summed E-state index contributed by atoms with van der Waals surface area (Å²) in [5.41, 5.74) is 0.300. The molecule has 0 saturated heterocycles. The number of aliphatic hydroxyl groups excluding tert-OH is 1. The molecule has 0 aliphatic rings. The van der Waals surface area contributed by atoms with Gasteiger partial charge in [0.25, 0.3) is 0 Å². The maximum atomic E-state index is 13.1. The molecule has 2 heterocycles. The normalized spacial score (nSPS) is 11.5. The number of hydrogen-bond donors (Lipinski definition) is 2. The lowest BCUT2D eigenvalue weighted by molar-refractivity contribution is 0.276. The van der Waals surface area contributed by atoms with Crippen LogP contribution >= 0.6 is 11.6 Å². The Hall–Kier alpha value is -3.95. The van der Waals surface area contributed by atoms with E-state index >= 15 is 0 Å². The maximum Gasteiger partial charge on any atom is 0.335 e. The minimum Gasteiger partial charge on any atom is -0.439 e. The van der Waals surface area contributed by atoms with E-state index in [2.05, 4.69) is 15.0 Å². The number of nitrogens with one attached hydrogen (secondary N) is 1. The standard InChI is InChI=1S/C24H22ClN5O4/c25-18-7-5-17(6-8-18)16-30-22(28-23(32)29(24(30)33)14-3-15-31)27-19-9-11-20(12-10-19)34-21-4-1-2-13-26-21/h1-2,4-13,31H,3,14-16H2,(H,27,28,32). The van der Waals surface area contributed by atoms with E-state index in [4.69, 9.17) is 21.4 Å². The Morgan fingerprint density at radius 2 is 1.76 bits per heavy atom. The number of aromatic amines is 1. The van der Waals surface area contributed by atoms with Gasteiger partial charge in [-0.2, -0.15) is 0 Å². The molecular weight excluding hydrogens is 458 g/mol. The SMILES string of the molecule is O=c1[nH]/c(=N\c2ccc(Oc3ccccn3)cc2)n(Cc2ccc(Cl)cc2)c(=O)n1CCCO. The Morgan fingerprint density at radius 1 is 1.00 bits per heavy atom. The summed E-state index contributed by atoms with van der Waals surface area (Å²) in [6, 6.07) is 19.3. The Bertz CT molecular complexity index is 1430. The van der Waals surface area contributed by atoms with Crippen LogP contribution in [-0.4, -0.2) is 30.8 Å². The van der Waals surface area contributed by atoms with Crippen molar-refractivity contribution >= 4 is 17.3 Å². The van der Waals surface area contributed by atoms with Gasteiger partial charge in [-0.1, -0.05) is 29.8 Å². The van der Waals surface area contributed by atoms with E-state index in [1.807, 2.05) is 6.07 Å². The van der Waals surface area contributed by atoms with Crippen LogP contribution < -0.4 is 21.7 Å². The molecule has 4 rings (SSSR count). The largest absolute Gasteiger partial charge is 0.439 e. The second-order valence-corrected chi connectivity index (χ2v) is 7.79. The Labute approximate surface area is 199 Å². The average molecular weight is 480 g/mol. The number of hydrogen-bond acceptors (Lipinski definition) is 6. The fraction of sp³-hybridized carbons (Fsp3) is 0.167. The number of nitrogens with zero attached hydrogens (tertiary/aromatic N) is 4. The first-order valence-electron chi connectivity index (χ1n) is 10.6. The highest BCUT2D eigenvalue weighted by atomic mass is 35.5. The van der Waals surface area contributed by atoms with Crippen LogP contribution in [0.2, 0.25) is 5.02 Å². The average Bonchev–Trinajstić information content (AvgIpc) is 2.84. The summed E-state index contributed by atoms with van der Waals surface area (Å²) in [4.78, 5) is 37.0. The van der Waals surface area contributed by atoms with Crippen molar-refractivity contribution in [3.63, 3.8) is 0 Å². The monoisotopic (exact) mass is 479 g/mol. The molecule has 34 heavy (non-hydrogen) atoms. The Balaban J connectivity index is 1.72. The van der Waals surface area contributed by atoms with Gasteiger partial charge < -0.3 is 9.84 Å². The van der Waals surface area contributed by atoms with Crippen LogP contribution in [0.25, 0.3) is 0 Å². The zero-order chi connectivity index (χ0) is 23.9. The first-order valence-corrected chi connectivity index (χ1v) is 10.9. The summed E-state index contributed by atoms with van der Waals surface area (Å²) >= 11 is 5.98. The lowest BCUT2D eigenvalue weighted by atomic mass is 10.2. The predicted octanol–water partition coefficient (Wildman–Crippen LogP) is 2.84. The van der Waals surface area contributed by atoms with Gasteiger partial charge in [0.2, 0.25) is 11.5 Å². The summed E-state index contributed by atoms with van der Waals surface area (Å²) in [5, 5.41) is 9.70. The van der Waals surface area contributed by atoms with Crippen molar-refractivity contribution in [3.05, 3.63) is 110 Å². The third-order valence-corrected chi connectivity index (χ3v) is 5.16. The lowest BCUT2D eigenvalue weighted by Crippen LogP contribution is -2.50. The second kappa shape index (κ2) is 10.8. The van der Waals surface area contributed by atoms with Crippen molar-refractivity contribution in [2.24, 2.45) is 4.99 Å². The molecule has 2 aromatic heterocycles. The van der Waals surface area contributed by atoms with Gasteiger partial charge in [-0.15, -0.1) is 0 Å². The van der Waals surface area contributed by atoms with Crippen LogP contribution in [0.5, 0.6) is 11.6 Å². The molecule has 2 N–H and O–H groups in total. The minimum atomic E-state index is -0.598. The molecular formula is C24H22ClN5O4. The van der Waals surface area contributed by atoms with Gasteiger partial charge in [0.05, 0.1) is 12.2 Å². The van der Waals surface area contributed by atoms with Gasteiger partial charge in [-0.3, -0.25) is 9.55 Å². The summed E-state index contributed by atoms with van der Waals surface area (Å²) in [6.07, 6.45) is 1.91. The van der Waals surface area contributed by atoms with Crippen molar-refractivity contribution in [1.82, 2.24) is 19.1 Å². The van der Waals surface area contributed by atoms with Crippen molar-refractivity contribution in [1.29, 1.82) is 0 Å². The van der Waals surface area contributed by atoms with Crippen LogP contribution in [-0.2, 0) is 13.1 Å². The molecule has 9 nitrogen and oxygen atoms in total. The number of halogens is 1. The van der Waals surface area contributed by atoms with Crippen LogP contribution in [0, 0.1) is 0 Å². The zero-order valence-electron chi connectivity index (χ0n) is 18.1. The van der Waals surface area contributed by atoms with Gasteiger partial charge >= 0.3 is 11.4 Å². The number of rotatable bonds is 8. The topological polar surface area (TPSA) is 115 Å². The van der Waals surface area contributed by atoms with E-state index in [0.29, 0.717) is 22.3 Å². The van der Waals surface area contributed by atoms with E-state index < -0.39 is 11.4 Å². The van der Waals surface area contributed by atoms with E-state index in [0.717, 1.165) is 10.1 Å². The molecule has 10 heteroatoms. The molecule has 0 fully saturated rings. The zero-order valence-corrected chi connectivity index (χ0v) is 18.9. The molecule has 174 valence electrons. The third-order valence-electron chi connectivity index (χ3n) is 4.91. The first-order chi connectivity index (χ1) is 16.5. The predicted molar refractivity (Wildman–Crippen MR) is 128 cm³/mol. The highest BCUT2D eigenvalue weighted by molar-refractivity contribution is 6.30. The van der Waals surface area contributed by atoms with Gasteiger partial charge in [-0.25, -0.2) is 24.1 Å². The van der Waals surface area contributed by atoms with Gasteiger partial charge in [0.15, 0.2) is 0 Å². The number of H-pyrrole nitrogens is 1. The number of aromatic nitrogens is 4. The number of ether oxygens (including phenoxy) is 1. The maximum absolute atomic E-state index is 13.1. The van der Waals surface area contributed by atoms with Crippen molar-refractivity contribution in [2.75, 3.05) is 6.61 Å². The first kappa shape index (κ1) is 23.2. The molecule has 0 radical (unpaired) electrons. The summed E-state index contributed by atoms with van der Waals surface area (Å²) in [7, 11) is 0. The molecule has 0 bridgehead atoms. The quantitative estimate of drug-likeness (QED) is 0.403. The van der Waals surface area contributed by atoms with E-state index in [9.17, 15) is 9.59 Å². The molecule has 0 amide bonds. The summed E-state index contributed by atoms with van der Waals surface area (Å²) in [6.45, 7) is 0.124. The van der Waals surface area contributed by atoms with Gasteiger partial charge in [0.1, 0.15) is 5.75 Å². The number of aliphatic hydroxyl groups is 1. The smallest absolute Gasteiger partial charge is 0.335 e. The van der Waals surface area contributed by atoms with Crippen molar-refractivity contribution < 1.29 is 9.84 Å². The van der Waals surface area contributed by atoms with Crippen LogP contribution in [0.15, 0.2) is 87.5 Å². The molecule has 0 unspecified atom stereocenters. The molecule has 2 aromatic carbocycles. The molecule has 4 aromatic rings. The Morgan fingerprint density at radius 3 is 2.44 bits per heavy atom. The summed E-state index contributed by atoms with van der Waals surface area (Å²) in [5.74, 6) is 1.03. The van der Waals surface area contributed by atoms with E-state index in [1.165, 1.54) is 4.57 Å². The highest BCUT2D eigenvalue weighted by Crippen LogP contribution is 2.22. The molecule has 0 aliphatic heterocycles. The molecule has 0 aliphatic carbocycles. The van der Waals surface area contributed by atoms with Gasteiger partial charge in [0, 0.05) is 30.4 Å². The third kappa shape index (κ3) is 5.69. The second-order valence-electron chi connectivity index (χ2n) is 7.35. The Kier molecular flexibility index (Phi) is 7.36. The van der Waals surface area contributed by atoms with E-state index in [-0.39, 0.29) is 31.7 Å². The van der Waals surface area contributed by atoms with Crippen molar-refractivity contribution in [2.45, 2.75) is 19.5 Å². The lowest BCUT2D eigenvalue weighted by Gasteiger charge is -2.11. The minimum absolute atomic E-state index is 0.0884. The van der Waals surface area contributed by atoms with Crippen LogP contribution in [0.4, 0.5) is 5.69 Å². The fourth-order valence-electron chi connectivity index (χ4n) is 3.22. The van der Waals surface area contributed by atoms with Crippen molar-refractivity contribution in [3.8, 4) is 11.6 Å². The molecule has 0 atom stereocenters.